The summed E-state index contributed by atoms with van der Waals surface area (Å²) in [5.41, 5.74) is 2.36. The Hall–Kier alpha value is -4.42. The third-order valence-corrected chi connectivity index (χ3v) is 13.5. The number of para-hydroxylation sites is 1. The summed E-state index contributed by atoms with van der Waals surface area (Å²) in [5, 5.41) is 9.54. The number of ether oxygens (including phenoxy) is 4. The number of rotatable bonds is 14. The Labute approximate surface area is 373 Å². The quantitative estimate of drug-likeness (QED) is 0.105. The van der Waals surface area contributed by atoms with Gasteiger partial charge in [-0.3, -0.25) is 19.2 Å². The van der Waals surface area contributed by atoms with Gasteiger partial charge in [-0.2, -0.15) is 0 Å². The summed E-state index contributed by atoms with van der Waals surface area (Å²) in [6, 6.07) is 10.9. The summed E-state index contributed by atoms with van der Waals surface area (Å²) in [5.74, 6) is -0.912. The smallest absolute Gasteiger partial charge is 0.305 e. The average molecular weight is 916 g/mol. The van der Waals surface area contributed by atoms with E-state index in [1.165, 1.54) is 25.6 Å². The first-order valence-electron chi connectivity index (χ1n) is 19.4. The molecule has 18 heteroatoms. The van der Waals surface area contributed by atoms with Crippen molar-refractivity contribution in [1.82, 2.24) is 24.8 Å². The molecule has 2 aliphatic rings. The number of aryl methyl sites for hydroxylation is 3. The number of nitrogens with one attached hydrogen (secondary N) is 2. The fourth-order valence-electron chi connectivity index (χ4n) is 7.19. The fourth-order valence-corrected chi connectivity index (χ4v) is 9.70. The number of benzene rings is 2. The minimum Gasteiger partial charge on any atom is -0.469 e. The van der Waals surface area contributed by atoms with E-state index in [0.717, 1.165) is 43.6 Å². The van der Waals surface area contributed by atoms with Crippen molar-refractivity contribution in [3.05, 3.63) is 95.9 Å². The van der Waals surface area contributed by atoms with Crippen LogP contribution in [-0.4, -0.2) is 96.9 Å². The van der Waals surface area contributed by atoms with Crippen molar-refractivity contribution >= 4 is 86.2 Å². The molecule has 0 unspecified atom stereocenters. The van der Waals surface area contributed by atoms with Gasteiger partial charge in [-0.05, 0) is 43.0 Å². The molecule has 2 saturated heterocycles. The topological polar surface area (TPSA) is 163 Å². The lowest BCUT2D eigenvalue weighted by molar-refractivity contribution is -0.141. The number of carbonyl (C=O) groups excluding carboxylic acids is 4. The van der Waals surface area contributed by atoms with Crippen LogP contribution in [0, 0.1) is 0 Å². The standard InChI is InChI=1S/C30H30Cl2N4O5S.C12H18N2O3S.CH4/c1-35-16-21(20-6-4-5-7-25(20)35)29(39)34-24-13-22(31)17(10-23(24)32)11-27(37)36-15-18(40-2)12-26(36)30-33-14-19(42-30)8-9-28(38)41-3;1-16-8-5-10(13-6-8)12-14-7-9(18-12)3-4-11(15)17-2;/h4-7,10,13-14,16,18,26H,8-9,11-12,15H2,1-3H3,(H,34,39);7-8,10,13H,3-6H2,1-2H3;1H4/t18-,26-;8-,10-;/m00./s1. The number of aromatic nitrogens is 3. The van der Waals surface area contributed by atoms with E-state index in [9.17, 15) is 19.2 Å². The van der Waals surface area contributed by atoms with Gasteiger partial charge in [-0.25, -0.2) is 9.97 Å². The highest BCUT2D eigenvalue weighted by atomic mass is 35.5. The van der Waals surface area contributed by atoms with Crippen molar-refractivity contribution < 1.29 is 38.1 Å². The maximum absolute atomic E-state index is 13.6. The van der Waals surface area contributed by atoms with Gasteiger partial charge in [-0.15, -0.1) is 22.7 Å². The van der Waals surface area contributed by atoms with E-state index < -0.39 is 0 Å². The van der Waals surface area contributed by atoms with Crippen LogP contribution in [0.1, 0.15) is 80.9 Å². The molecule has 7 rings (SSSR count). The molecule has 328 valence electrons. The number of hydrogen-bond acceptors (Lipinski definition) is 13. The molecule has 2 N–H and O–H groups in total. The lowest BCUT2D eigenvalue weighted by atomic mass is 10.1. The number of hydrogen-bond donors (Lipinski definition) is 2. The van der Waals surface area contributed by atoms with Crippen LogP contribution >= 0.6 is 45.9 Å². The number of likely N-dealkylation sites (tertiary alicyclic amines) is 1. The minimum atomic E-state index is -0.312. The zero-order valence-electron chi connectivity index (χ0n) is 34.0. The van der Waals surface area contributed by atoms with Gasteiger partial charge in [0.15, 0.2) is 0 Å². The fraction of sp³-hybridized carbons (Fsp3) is 0.442. The van der Waals surface area contributed by atoms with Gasteiger partial charge in [0.1, 0.15) is 10.0 Å². The van der Waals surface area contributed by atoms with E-state index in [1.807, 2.05) is 42.1 Å². The zero-order chi connectivity index (χ0) is 42.9. The van der Waals surface area contributed by atoms with E-state index in [1.54, 1.807) is 55.0 Å². The third kappa shape index (κ3) is 11.9. The van der Waals surface area contributed by atoms with Gasteiger partial charge in [0.2, 0.25) is 5.91 Å². The number of amides is 2. The zero-order valence-corrected chi connectivity index (χ0v) is 37.1. The Bertz CT molecular complexity index is 2310. The Morgan fingerprint density at radius 2 is 1.51 bits per heavy atom. The monoisotopic (exact) mass is 914 g/mol. The molecular formula is C43H52Cl2N6O8S2. The maximum Gasteiger partial charge on any atom is 0.305 e. The Morgan fingerprint density at radius 1 is 0.869 bits per heavy atom. The van der Waals surface area contributed by atoms with E-state index in [-0.39, 0.29) is 73.3 Å². The van der Waals surface area contributed by atoms with E-state index in [2.05, 4.69) is 25.3 Å². The second-order valence-corrected chi connectivity index (χ2v) is 17.5. The number of carbonyl (C=O) groups is 4. The molecule has 61 heavy (non-hydrogen) atoms. The summed E-state index contributed by atoms with van der Waals surface area (Å²) >= 11 is 16.3. The molecule has 0 radical (unpaired) electrons. The summed E-state index contributed by atoms with van der Waals surface area (Å²) in [4.78, 5) is 62.1. The molecule has 0 spiro atoms. The van der Waals surface area contributed by atoms with Gasteiger partial charge < -0.3 is 39.0 Å². The number of thiazole rings is 2. The summed E-state index contributed by atoms with van der Waals surface area (Å²) in [6.07, 6.45) is 9.00. The minimum absolute atomic E-state index is 0. The van der Waals surface area contributed by atoms with Gasteiger partial charge >= 0.3 is 11.9 Å². The third-order valence-electron chi connectivity index (χ3n) is 10.5. The lowest BCUT2D eigenvalue weighted by Crippen LogP contribution is -2.33. The molecule has 14 nitrogen and oxygen atoms in total. The highest BCUT2D eigenvalue weighted by Crippen LogP contribution is 2.38. The predicted octanol–water partition coefficient (Wildman–Crippen LogP) is 7.76. The molecule has 2 amide bonds. The second kappa shape index (κ2) is 22.1. The predicted molar refractivity (Wildman–Crippen MR) is 239 cm³/mol. The molecule has 5 heterocycles. The van der Waals surface area contributed by atoms with Gasteiger partial charge in [0.05, 0.1) is 74.0 Å². The van der Waals surface area contributed by atoms with Crippen LogP contribution in [0.3, 0.4) is 0 Å². The van der Waals surface area contributed by atoms with Crippen molar-refractivity contribution in [2.75, 3.05) is 46.8 Å². The van der Waals surface area contributed by atoms with Gasteiger partial charge in [0.25, 0.3) is 5.91 Å². The summed E-state index contributed by atoms with van der Waals surface area (Å²) in [6.45, 7) is 1.29. The molecule has 5 aromatic rings. The Balaban J connectivity index is 0.000000310. The molecule has 2 fully saturated rings. The summed E-state index contributed by atoms with van der Waals surface area (Å²) in [7, 11) is 8.02. The largest absolute Gasteiger partial charge is 0.469 e. The molecule has 0 saturated carbocycles. The van der Waals surface area contributed by atoms with Crippen molar-refractivity contribution in [2.45, 2.75) is 76.7 Å². The first-order chi connectivity index (χ1) is 28.9. The average Bonchev–Trinajstić information content (AvgIpc) is 4.11. The molecule has 2 aromatic carbocycles. The van der Waals surface area contributed by atoms with Crippen molar-refractivity contribution in [2.24, 2.45) is 7.05 Å². The normalized spacial score (nSPS) is 18.3. The molecule has 3 aromatic heterocycles. The van der Waals surface area contributed by atoms with Crippen LogP contribution in [0.25, 0.3) is 10.9 Å². The number of esters is 2. The van der Waals surface area contributed by atoms with Crippen LogP contribution in [0.15, 0.2) is 55.0 Å². The maximum atomic E-state index is 13.6. The van der Waals surface area contributed by atoms with E-state index in [4.69, 9.17) is 37.4 Å². The Kier molecular flexibility index (Phi) is 17.2. The molecule has 0 bridgehead atoms. The second-order valence-electron chi connectivity index (χ2n) is 14.4. The van der Waals surface area contributed by atoms with Crippen LogP contribution < -0.4 is 10.6 Å². The number of anilines is 1. The first-order valence-corrected chi connectivity index (χ1v) is 21.7. The van der Waals surface area contributed by atoms with Gasteiger partial charge in [0, 0.05) is 85.0 Å². The van der Waals surface area contributed by atoms with Crippen LogP contribution in [-0.2, 0) is 59.6 Å². The Morgan fingerprint density at radius 3 is 2.15 bits per heavy atom. The first kappa shape index (κ1) is 47.6. The number of halogens is 2. The molecule has 2 aliphatic heterocycles. The molecule has 0 aliphatic carbocycles. The van der Waals surface area contributed by atoms with Crippen LogP contribution in [0.5, 0.6) is 0 Å². The SMILES string of the molecule is C.COC(=O)CCc1cnc([C@@H]2C[C@H](OC)CN2)s1.COC(=O)CCc1cnc([C@@H]2C[C@H](OC)CN2C(=O)Cc2cc(Cl)c(NC(=O)c3cn(C)c4ccccc34)cc2Cl)s1. The summed E-state index contributed by atoms with van der Waals surface area (Å²) < 4.78 is 22.1. The lowest BCUT2D eigenvalue weighted by Gasteiger charge is -2.23. The number of methoxy groups -OCH3 is 4. The molecular weight excluding hydrogens is 864 g/mol. The van der Waals surface area contributed by atoms with Crippen LogP contribution in [0.4, 0.5) is 5.69 Å². The van der Waals surface area contributed by atoms with E-state index >= 15 is 0 Å². The van der Waals surface area contributed by atoms with Crippen molar-refractivity contribution in [1.29, 1.82) is 0 Å². The van der Waals surface area contributed by atoms with Crippen molar-refractivity contribution in [3.8, 4) is 0 Å². The highest BCUT2D eigenvalue weighted by molar-refractivity contribution is 7.12. The number of nitrogens with zero attached hydrogens (tertiary/aromatic N) is 4. The highest BCUT2D eigenvalue weighted by Gasteiger charge is 2.38. The molecule has 4 atom stereocenters. The van der Waals surface area contributed by atoms with Crippen molar-refractivity contribution in [3.63, 3.8) is 0 Å². The van der Waals surface area contributed by atoms with Gasteiger partial charge in [-0.1, -0.05) is 48.8 Å². The van der Waals surface area contributed by atoms with E-state index in [0.29, 0.717) is 54.1 Å². The number of fused-ring (bicyclic) bond motifs is 1. The van der Waals surface area contributed by atoms with Crippen LogP contribution in [0.2, 0.25) is 10.0 Å².